The molecule has 0 aliphatic rings. The van der Waals surface area contributed by atoms with Gasteiger partial charge in [0, 0.05) is 5.56 Å². The topological polar surface area (TPSA) is 51.6 Å². The zero-order valence-electron chi connectivity index (χ0n) is 12.4. The molecule has 4 nitrogen and oxygen atoms in total. The van der Waals surface area contributed by atoms with Crippen LogP contribution in [0.5, 0.6) is 5.75 Å². The number of aromatic nitrogens is 1. The minimum Gasteiger partial charge on any atom is -0.489 e. The third-order valence-corrected chi connectivity index (χ3v) is 2.87. The quantitative estimate of drug-likeness (QED) is 0.850. The smallest absolute Gasteiger partial charge is 0.137 e. The van der Waals surface area contributed by atoms with Crippen molar-refractivity contribution in [1.29, 1.82) is 0 Å². The van der Waals surface area contributed by atoms with E-state index in [1.807, 2.05) is 56.3 Å². The van der Waals surface area contributed by atoms with Gasteiger partial charge in [-0.3, -0.25) is 4.98 Å². The molecule has 0 aliphatic heterocycles. The summed E-state index contributed by atoms with van der Waals surface area (Å²) in [5, 5.41) is 9.72. The van der Waals surface area contributed by atoms with Gasteiger partial charge in [0.15, 0.2) is 0 Å². The van der Waals surface area contributed by atoms with E-state index in [1.54, 1.807) is 6.20 Å². The number of hydrogen-bond acceptors (Lipinski definition) is 4. The molecule has 0 radical (unpaired) electrons. The maximum absolute atomic E-state index is 9.72. The minimum atomic E-state index is -0.638. The number of nitrogens with zero attached hydrogens (tertiary/aromatic N) is 1. The highest BCUT2D eigenvalue weighted by Crippen LogP contribution is 2.19. The largest absolute Gasteiger partial charge is 0.489 e. The Kier molecular flexibility index (Phi) is 5.72. The first kappa shape index (κ1) is 15.5. The number of rotatable bonds is 7. The van der Waals surface area contributed by atoms with Crippen molar-refractivity contribution in [3.05, 3.63) is 48.7 Å². The first-order chi connectivity index (χ1) is 10.1. The molecule has 0 bridgehead atoms. The van der Waals surface area contributed by atoms with Crippen LogP contribution >= 0.6 is 0 Å². The summed E-state index contributed by atoms with van der Waals surface area (Å²) in [6, 6.07) is 13.7. The van der Waals surface area contributed by atoms with Crippen molar-refractivity contribution >= 4 is 0 Å². The molecular weight excluding hydrogens is 266 g/mol. The SMILES string of the molecule is CC(C)OCC(O)COc1ccc(-c2ccccc2)nc1. The van der Waals surface area contributed by atoms with Gasteiger partial charge in [0.2, 0.25) is 0 Å². The van der Waals surface area contributed by atoms with Crippen molar-refractivity contribution in [2.75, 3.05) is 13.2 Å². The summed E-state index contributed by atoms with van der Waals surface area (Å²) < 4.78 is 10.8. The Morgan fingerprint density at radius 3 is 2.43 bits per heavy atom. The Bertz CT molecular complexity index is 525. The molecule has 2 aromatic rings. The van der Waals surface area contributed by atoms with E-state index in [1.165, 1.54) is 0 Å². The summed E-state index contributed by atoms with van der Waals surface area (Å²) in [6.45, 7) is 4.33. The highest BCUT2D eigenvalue weighted by atomic mass is 16.5. The Hall–Kier alpha value is -1.91. The molecule has 0 amide bonds. The van der Waals surface area contributed by atoms with E-state index in [-0.39, 0.29) is 19.3 Å². The van der Waals surface area contributed by atoms with Crippen molar-refractivity contribution in [3.63, 3.8) is 0 Å². The van der Waals surface area contributed by atoms with E-state index in [9.17, 15) is 5.11 Å². The van der Waals surface area contributed by atoms with E-state index >= 15 is 0 Å². The summed E-state index contributed by atoms with van der Waals surface area (Å²) in [4.78, 5) is 4.36. The van der Waals surface area contributed by atoms with Crippen molar-refractivity contribution in [2.24, 2.45) is 0 Å². The number of hydrogen-bond donors (Lipinski definition) is 1. The Morgan fingerprint density at radius 1 is 1.05 bits per heavy atom. The maximum atomic E-state index is 9.72. The lowest BCUT2D eigenvalue weighted by molar-refractivity contribution is -0.0123. The average Bonchev–Trinajstić information content (AvgIpc) is 2.52. The van der Waals surface area contributed by atoms with Gasteiger partial charge in [-0.05, 0) is 26.0 Å². The first-order valence-electron chi connectivity index (χ1n) is 7.09. The van der Waals surface area contributed by atoms with E-state index in [2.05, 4.69) is 4.98 Å². The fraction of sp³-hybridized carbons (Fsp3) is 0.353. The summed E-state index contributed by atoms with van der Waals surface area (Å²) in [5.74, 6) is 0.637. The van der Waals surface area contributed by atoms with Crippen LogP contribution in [0.25, 0.3) is 11.3 Å². The van der Waals surface area contributed by atoms with E-state index in [0.717, 1.165) is 11.3 Å². The van der Waals surface area contributed by atoms with Gasteiger partial charge in [0.05, 0.1) is 24.6 Å². The van der Waals surface area contributed by atoms with Crippen LogP contribution in [0.3, 0.4) is 0 Å². The fourth-order valence-corrected chi connectivity index (χ4v) is 1.79. The second kappa shape index (κ2) is 7.76. The molecule has 1 atom stereocenters. The summed E-state index contributed by atoms with van der Waals surface area (Å²) in [7, 11) is 0. The van der Waals surface area contributed by atoms with Crippen LogP contribution in [0.2, 0.25) is 0 Å². The zero-order valence-corrected chi connectivity index (χ0v) is 12.4. The highest BCUT2D eigenvalue weighted by molar-refractivity contribution is 5.58. The van der Waals surface area contributed by atoms with Crippen LogP contribution in [0, 0.1) is 0 Å². The number of aliphatic hydroxyl groups is 1. The van der Waals surface area contributed by atoms with Crippen LogP contribution < -0.4 is 4.74 Å². The summed E-state index contributed by atoms with van der Waals surface area (Å²) in [6.07, 6.45) is 1.13. The van der Waals surface area contributed by atoms with Crippen LogP contribution in [0.1, 0.15) is 13.8 Å². The van der Waals surface area contributed by atoms with Gasteiger partial charge in [-0.15, -0.1) is 0 Å². The van der Waals surface area contributed by atoms with Gasteiger partial charge in [-0.1, -0.05) is 30.3 Å². The number of ether oxygens (including phenoxy) is 2. The average molecular weight is 287 g/mol. The van der Waals surface area contributed by atoms with Crippen molar-refractivity contribution in [1.82, 2.24) is 4.98 Å². The van der Waals surface area contributed by atoms with E-state index in [4.69, 9.17) is 9.47 Å². The van der Waals surface area contributed by atoms with E-state index in [0.29, 0.717) is 5.75 Å². The lowest BCUT2D eigenvalue weighted by atomic mass is 10.1. The summed E-state index contributed by atoms with van der Waals surface area (Å²) in [5.41, 5.74) is 1.96. The second-order valence-electron chi connectivity index (χ2n) is 5.09. The Balaban J connectivity index is 1.85. The number of benzene rings is 1. The molecule has 4 heteroatoms. The van der Waals surface area contributed by atoms with Crippen LogP contribution in [0.4, 0.5) is 0 Å². The number of pyridine rings is 1. The molecule has 0 spiro atoms. The zero-order chi connectivity index (χ0) is 15.1. The van der Waals surface area contributed by atoms with Gasteiger partial charge < -0.3 is 14.6 Å². The molecule has 1 unspecified atom stereocenters. The monoisotopic (exact) mass is 287 g/mol. The third kappa shape index (κ3) is 5.17. The molecule has 1 heterocycles. The standard InChI is InChI=1S/C17H21NO3/c1-13(2)20-11-15(19)12-21-16-8-9-17(18-10-16)14-6-4-3-5-7-14/h3-10,13,15,19H,11-12H2,1-2H3. The predicted molar refractivity (Wildman–Crippen MR) is 82.3 cm³/mol. The van der Waals surface area contributed by atoms with E-state index < -0.39 is 6.10 Å². The molecule has 112 valence electrons. The molecule has 0 fully saturated rings. The summed E-state index contributed by atoms with van der Waals surface area (Å²) >= 11 is 0. The third-order valence-electron chi connectivity index (χ3n) is 2.87. The van der Waals surface area contributed by atoms with Gasteiger partial charge in [-0.25, -0.2) is 0 Å². The van der Waals surface area contributed by atoms with Crippen LogP contribution in [-0.2, 0) is 4.74 Å². The normalized spacial score (nSPS) is 12.4. The fourth-order valence-electron chi connectivity index (χ4n) is 1.79. The molecule has 0 aliphatic carbocycles. The molecule has 1 N–H and O–H groups in total. The molecular formula is C17H21NO3. The molecule has 0 saturated carbocycles. The second-order valence-corrected chi connectivity index (χ2v) is 5.09. The predicted octanol–water partition coefficient (Wildman–Crippen LogP) is 2.91. The van der Waals surface area contributed by atoms with Gasteiger partial charge in [-0.2, -0.15) is 0 Å². The minimum absolute atomic E-state index is 0.103. The molecule has 21 heavy (non-hydrogen) atoms. The Morgan fingerprint density at radius 2 is 1.81 bits per heavy atom. The molecule has 1 aromatic carbocycles. The van der Waals surface area contributed by atoms with Crippen molar-refractivity contribution in [3.8, 4) is 17.0 Å². The lowest BCUT2D eigenvalue weighted by Gasteiger charge is -2.14. The maximum Gasteiger partial charge on any atom is 0.137 e. The molecule has 2 rings (SSSR count). The molecule has 1 aromatic heterocycles. The van der Waals surface area contributed by atoms with Crippen molar-refractivity contribution in [2.45, 2.75) is 26.1 Å². The first-order valence-corrected chi connectivity index (χ1v) is 7.09. The highest BCUT2D eigenvalue weighted by Gasteiger charge is 2.07. The van der Waals surface area contributed by atoms with Crippen molar-refractivity contribution < 1.29 is 14.6 Å². The Labute approximate surface area is 125 Å². The van der Waals surface area contributed by atoms with Gasteiger partial charge >= 0.3 is 0 Å². The van der Waals surface area contributed by atoms with Crippen LogP contribution in [0.15, 0.2) is 48.7 Å². The van der Waals surface area contributed by atoms with Crippen LogP contribution in [-0.4, -0.2) is 35.5 Å². The van der Waals surface area contributed by atoms with Gasteiger partial charge in [0.1, 0.15) is 18.5 Å². The molecule has 0 saturated heterocycles. The lowest BCUT2D eigenvalue weighted by Crippen LogP contribution is -2.25. The number of aliphatic hydroxyl groups excluding tert-OH is 1. The van der Waals surface area contributed by atoms with Gasteiger partial charge in [0.25, 0.3) is 0 Å².